The second-order valence-electron chi connectivity index (χ2n) is 3.69. The lowest BCUT2D eigenvalue weighted by Gasteiger charge is -2.04. The number of rotatable bonds is 3. The maximum atomic E-state index is 11.6. The third kappa shape index (κ3) is 2.15. The summed E-state index contributed by atoms with van der Waals surface area (Å²) in [5, 5.41) is 12.0. The number of nitro benzene ring substituents is 1. The molecule has 0 saturated carbocycles. The van der Waals surface area contributed by atoms with Crippen molar-refractivity contribution in [1.29, 1.82) is 0 Å². The van der Waals surface area contributed by atoms with Crippen LogP contribution >= 0.6 is 0 Å². The Morgan fingerprint density at radius 1 is 1.33 bits per heavy atom. The average Bonchev–Trinajstić information content (AvgIpc) is 2.37. The molecule has 0 atom stereocenters. The Bertz CT molecular complexity index is 621. The first-order valence-corrected chi connectivity index (χ1v) is 5.47. The Labute approximate surface area is 103 Å². The number of esters is 1. The first kappa shape index (κ1) is 12.0. The fraction of sp³-hybridized carbons (Fsp3) is 0.154. The van der Waals surface area contributed by atoms with Gasteiger partial charge in [0.05, 0.1) is 22.5 Å². The molecule has 2 aromatic rings. The van der Waals surface area contributed by atoms with Gasteiger partial charge in [-0.05, 0) is 30.5 Å². The molecule has 0 aliphatic heterocycles. The molecular formula is C13H11NO4. The molecule has 0 heterocycles. The first-order valence-electron chi connectivity index (χ1n) is 5.47. The monoisotopic (exact) mass is 245 g/mol. The van der Waals surface area contributed by atoms with Gasteiger partial charge in [0.25, 0.3) is 5.69 Å². The van der Waals surface area contributed by atoms with Crippen LogP contribution in [-0.2, 0) is 4.74 Å². The van der Waals surface area contributed by atoms with Crippen LogP contribution in [0.1, 0.15) is 17.3 Å². The second-order valence-corrected chi connectivity index (χ2v) is 3.69. The minimum atomic E-state index is -0.438. The van der Waals surface area contributed by atoms with Gasteiger partial charge in [0.1, 0.15) is 0 Å². The predicted molar refractivity (Wildman–Crippen MR) is 66.6 cm³/mol. The van der Waals surface area contributed by atoms with Crippen molar-refractivity contribution >= 4 is 22.4 Å². The van der Waals surface area contributed by atoms with Gasteiger partial charge >= 0.3 is 5.97 Å². The van der Waals surface area contributed by atoms with Crippen molar-refractivity contribution in [2.75, 3.05) is 6.61 Å². The summed E-state index contributed by atoms with van der Waals surface area (Å²) in [5.74, 6) is -0.425. The van der Waals surface area contributed by atoms with Crippen LogP contribution in [0, 0.1) is 10.1 Å². The van der Waals surface area contributed by atoms with E-state index in [1.165, 1.54) is 12.1 Å². The summed E-state index contributed by atoms with van der Waals surface area (Å²) in [6.07, 6.45) is 0. The van der Waals surface area contributed by atoms with Crippen LogP contribution in [0.25, 0.3) is 10.8 Å². The van der Waals surface area contributed by atoms with E-state index in [4.69, 9.17) is 4.74 Å². The predicted octanol–water partition coefficient (Wildman–Crippen LogP) is 2.92. The molecule has 0 fully saturated rings. The molecule has 0 saturated heterocycles. The molecule has 2 aromatic carbocycles. The molecule has 0 aliphatic rings. The molecule has 18 heavy (non-hydrogen) atoms. The van der Waals surface area contributed by atoms with Crippen LogP contribution in [-0.4, -0.2) is 17.5 Å². The van der Waals surface area contributed by atoms with Crippen molar-refractivity contribution in [3.05, 3.63) is 52.1 Å². The van der Waals surface area contributed by atoms with Gasteiger partial charge in [-0.3, -0.25) is 10.1 Å². The van der Waals surface area contributed by atoms with Gasteiger partial charge in [0.15, 0.2) is 0 Å². The van der Waals surface area contributed by atoms with Crippen LogP contribution in [0.2, 0.25) is 0 Å². The third-order valence-corrected chi connectivity index (χ3v) is 2.57. The van der Waals surface area contributed by atoms with E-state index >= 15 is 0 Å². The number of benzene rings is 2. The van der Waals surface area contributed by atoms with Crippen molar-refractivity contribution in [3.8, 4) is 0 Å². The molecule has 0 bridgehead atoms. The number of hydrogen-bond acceptors (Lipinski definition) is 4. The highest BCUT2D eigenvalue weighted by atomic mass is 16.6. The van der Waals surface area contributed by atoms with E-state index in [-0.39, 0.29) is 5.69 Å². The van der Waals surface area contributed by atoms with Gasteiger partial charge in [-0.1, -0.05) is 12.1 Å². The van der Waals surface area contributed by atoms with E-state index < -0.39 is 10.9 Å². The molecule has 5 heteroatoms. The summed E-state index contributed by atoms with van der Waals surface area (Å²) < 4.78 is 4.88. The molecule has 0 aliphatic carbocycles. The fourth-order valence-electron chi connectivity index (χ4n) is 1.77. The maximum absolute atomic E-state index is 11.6. The van der Waals surface area contributed by atoms with E-state index in [1.807, 2.05) is 0 Å². The van der Waals surface area contributed by atoms with E-state index in [9.17, 15) is 14.9 Å². The van der Waals surface area contributed by atoms with Gasteiger partial charge in [-0.25, -0.2) is 4.79 Å². The molecule has 5 nitrogen and oxygen atoms in total. The quantitative estimate of drug-likeness (QED) is 0.473. The number of nitro groups is 1. The van der Waals surface area contributed by atoms with Gasteiger partial charge in [0, 0.05) is 6.07 Å². The molecular weight excluding hydrogens is 234 g/mol. The summed E-state index contributed by atoms with van der Waals surface area (Å²) in [4.78, 5) is 22.0. The third-order valence-electron chi connectivity index (χ3n) is 2.57. The zero-order valence-corrected chi connectivity index (χ0v) is 9.75. The number of fused-ring (bicyclic) bond motifs is 1. The van der Waals surface area contributed by atoms with Gasteiger partial charge in [0.2, 0.25) is 0 Å². The molecule has 0 aromatic heterocycles. The van der Waals surface area contributed by atoms with E-state index in [1.54, 1.807) is 31.2 Å². The van der Waals surface area contributed by atoms with Crippen LogP contribution in [0.15, 0.2) is 36.4 Å². The van der Waals surface area contributed by atoms with Gasteiger partial charge in [-0.2, -0.15) is 0 Å². The van der Waals surface area contributed by atoms with Crippen molar-refractivity contribution in [2.24, 2.45) is 0 Å². The normalized spacial score (nSPS) is 10.3. The van der Waals surface area contributed by atoms with Crippen molar-refractivity contribution in [2.45, 2.75) is 6.92 Å². The first-order chi connectivity index (χ1) is 8.63. The number of carbonyl (C=O) groups is 1. The Balaban J connectivity index is 2.53. The zero-order chi connectivity index (χ0) is 13.1. The summed E-state index contributed by atoms with van der Waals surface area (Å²) in [5.41, 5.74) is 0.424. The van der Waals surface area contributed by atoms with Crippen molar-refractivity contribution < 1.29 is 14.5 Å². The summed E-state index contributed by atoms with van der Waals surface area (Å²) >= 11 is 0. The smallest absolute Gasteiger partial charge is 0.338 e. The number of non-ortho nitro benzene ring substituents is 1. The number of ether oxygens (including phenoxy) is 1. The minimum Gasteiger partial charge on any atom is -0.462 e. The summed E-state index contributed by atoms with van der Waals surface area (Å²) in [7, 11) is 0. The maximum Gasteiger partial charge on any atom is 0.338 e. The number of hydrogen-bond donors (Lipinski definition) is 0. The van der Waals surface area contributed by atoms with Crippen LogP contribution in [0.5, 0.6) is 0 Å². The molecule has 0 N–H and O–H groups in total. The van der Waals surface area contributed by atoms with Crippen molar-refractivity contribution in [3.63, 3.8) is 0 Å². The fourth-order valence-corrected chi connectivity index (χ4v) is 1.77. The molecule has 0 amide bonds. The molecule has 0 unspecified atom stereocenters. The van der Waals surface area contributed by atoms with Crippen LogP contribution in [0.3, 0.4) is 0 Å². The Kier molecular flexibility index (Phi) is 3.23. The standard InChI is InChI=1S/C13H11NO4/c1-2-18-13(15)10-6-7-11-9(8-10)4-3-5-12(11)14(16)17/h3-8H,2H2,1H3. The van der Waals surface area contributed by atoms with Crippen LogP contribution in [0.4, 0.5) is 5.69 Å². The minimum absolute atomic E-state index is 0.0305. The van der Waals surface area contributed by atoms with Gasteiger partial charge < -0.3 is 4.74 Å². The lowest BCUT2D eigenvalue weighted by atomic mass is 10.1. The second kappa shape index (κ2) is 4.83. The van der Waals surface area contributed by atoms with E-state index in [0.29, 0.717) is 22.9 Å². The molecule has 2 rings (SSSR count). The zero-order valence-electron chi connectivity index (χ0n) is 9.75. The lowest BCUT2D eigenvalue weighted by molar-refractivity contribution is -0.383. The summed E-state index contributed by atoms with van der Waals surface area (Å²) in [6, 6.07) is 9.46. The van der Waals surface area contributed by atoms with E-state index in [2.05, 4.69) is 0 Å². The molecule has 92 valence electrons. The number of nitrogens with zero attached hydrogens (tertiary/aromatic N) is 1. The average molecular weight is 245 g/mol. The largest absolute Gasteiger partial charge is 0.462 e. The SMILES string of the molecule is CCOC(=O)c1ccc2c([N+](=O)[O-])cccc2c1. The van der Waals surface area contributed by atoms with Crippen LogP contribution < -0.4 is 0 Å². The topological polar surface area (TPSA) is 69.4 Å². The molecule has 0 spiro atoms. The Hall–Kier alpha value is -2.43. The lowest BCUT2D eigenvalue weighted by Crippen LogP contribution is -2.04. The summed E-state index contributed by atoms with van der Waals surface area (Å²) in [6.45, 7) is 2.02. The van der Waals surface area contributed by atoms with E-state index in [0.717, 1.165) is 0 Å². The highest BCUT2D eigenvalue weighted by molar-refractivity contribution is 5.98. The van der Waals surface area contributed by atoms with Crippen molar-refractivity contribution in [1.82, 2.24) is 0 Å². The number of carbonyl (C=O) groups excluding carboxylic acids is 1. The van der Waals surface area contributed by atoms with Gasteiger partial charge in [-0.15, -0.1) is 0 Å². The Morgan fingerprint density at radius 3 is 2.78 bits per heavy atom. The molecule has 0 radical (unpaired) electrons. The Morgan fingerprint density at radius 2 is 2.11 bits per heavy atom. The highest BCUT2D eigenvalue weighted by Crippen LogP contribution is 2.26. The highest BCUT2D eigenvalue weighted by Gasteiger charge is 2.13.